The maximum absolute atomic E-state index is 9.18. The molecule has 0 saturated carbocycles. The number of hydrogen-bond acceptors (Lipinski definition) is 6. The molecule has 5 atom stereocenters. The smallest absolute Gasteiger partial charge is 0.759 e. The zero-order valence-electron chi connectivity index (χ0n) is 6.50. The first-order valence-corrected chi connectivity index (χ1v) is 4.01. The molecule has 5 nitrogen and oxygen atoms in total. The van der Waals surface area contributed by atoms with E-state index in [2.05, 4.69) is 12.6 Å². The van der Waals surface area contributed by atoms with Gasteiger partial charge in [-0.05, 0) is 5.44 Å². The summed E-state index contributed by atoms with van der Waals surface area (Å²) in [6.07, 6.45) is -4.83. The van der Waals surface area contributed by atoms with Crippen LogP contribution in [0.5, 0.6) is 0 Å². The van der Waals surface area contributed by atoms with Crippen LogP contribution >= 0.6 is 0 Å². The summed E-state index contributed by atoms with van der Waals surface area (Å²) in [6.45, 7) is -0.432. The molecule has 0 radical (unpaired) electrons. The third kappa shape index (κ3) is 2.92. The Kier molecular flexibility index (Phi) is 6.08. The van der Waals surface area contributed by atoms with Gasteiger partial charge in [0.1, 0.15) is 18.3 Å². The molecule has 1 aliphatic heterocycles. The van der Waals surface area contributed by atoms with Gasteiger partial charge in [0.2, 0.25) is 0 Å². The summed E-state index contributed by atoms with van der Waals surface area (Å²) in [6, 6.07) is 0. The van der Waals surface area contributed by atoms with Crippen LogP contribution in [0.2, 0.25) is 0 Å². The van der Waals surface area contributed by atoms with Gasteiger partial charge >= 0.3 is 22.4 Å². The van der Waals surface area contributed by atoms with E-state index >= 15 is 0 Å². The van der Waals surface area contributed by atoms with Crippen molar-refractivity contribution in [1.82, 2.24) is 0 Å². The maximum atomic E-state index is 9.18. The molecule has 1 saturated heterocycles. The quantitative estimate of drug-likeness (QED) is 0.288. The van der Waals surface area contributed by atoms with Crippen LogP contribution in [0.1, 0.15) is 0 Å². The number of aliphatic hydroxyl groups excluding tert-OH is 4. The van der Waals surface area contributed by atoms with Crippen molar-refractivity contribution in [2.24, 2.45) is 0 Å². The second-order valence-electron chi connectivity index (χ2n) is 2.70. The van der Waals surface area contributed by atoms with Crippen molar-refractivity contribution in [3.8, 4) is 0 Å². The molecule has 1 heterocycles. The molecule has 0 aromatic rings. The summed E-state index contributed by atoms with van der Waals surface area (Å²) in [5.74, 6) is 0. The van der Waals surface area contributed by atoms with Crippen molar-refractivity contribution in [2.45, 2.75) is 29.9 Å². The van der Waals surface area contributed by atoms with Gasteiger partial charge in [-0.2, -0.15) is 0 Å². The Hall–Kier alpha value is 0.890. The van der Waals surface area contributed by atoms with E-state index in [1.54, 1.807) is 0 Å². The zero-order valence-corrected chi connectivity index (χ0v) is 9.48. The van der Waals surface area contributed by atoms with Gasteiger partial charge in [0.05, 0.1) is 12.7 Å². The maximum Gasteiger partial charge on any atom is 1.00 e. The summed E-state index contributed by atoms with van der Waals surface area (Å²) in [4.78, 5) is 0. The molecule has 0 aromatic carbocycles. The molecule has 0 spiro atoms. The normalized spacial score (nSPS) is 45.5. The second kappa shape index (κ2) is 5.69. The molecule has 0 amide bonds. The van der Waals surface area contributed by atoms with Crippen molar-refractivity contribution < 1.29 is 47.5 Å². The van der Waals surface area contributed by atoms with Crippen molar-refractivity contribution in [2.75, 3.05) is 6.61 Å². The monoisotopic (exact) mass is 392 g/mol. The van der Waals surface area contributed by atoms with Gasteiger partial charge in [-0.15, -0.1) is 0 Å². The van der Waals surface area contributed by atoms with Gasteiger partial charge in [0.25, 0.3) is 0 Å². The van der Waals surface area contributed by atoms with E-state index in [0.717, 1.165) is 0 Å². The Labute approximate surface area is 96.6 Å². The van der Waals surface area contributed by atoms with Crippen LogP contribution in [0.4, 0.5) is 0 Å². The van der Waals surface area contributed by atoms with Crippen molar-refractivity contribution in [3.63, 3.8) is 0 Å². The zero-order chi connectivity index (χ0) is 9.30. The fraction of sp³-hybridized carbons (Fsp3) is 1.00. The minimum absolute atomic E-state index is 0. The molecule has 1 rings (SSSR count). The summed E-state index contributed by atoms with van der Waals surface area (Å²) in [5.41, 5.74) is -0.986. The third-order valence-electron chi connectivity index (χ3n) is 1.85. The first kappa shape index (κ1) is 13.9. The van der Waals surface area contributed by atoms with E-state index in [0.29, 0.717) is 0 Å². The average Bonchev–Trinajstić information content (AvgIpc) is 2.08. The Bertz CT molecular complexity index is 155. The topological polar surface area (TPSA) is 90.2 Å². The largest absolute Gasteiger partial charge is 1.00 e. The SMILES string of the molecule is OCC1O[C@H]([S-])[C@@H](O)C(O)[C@@H]1O.[Au+]. The fourth-order valence-electron chi connectivity index (χ4n) is 1.07. The predicted octanol–water partition coefficient (Wildman–Crippen LogP) is -2.67. The molecule has 13 heavy (non-hydrogen) atoms. The predicted molar refractivity (Wildman–Crippen MR) is 41.1 cm³/mol. The number of ether oxygens (including phenoxy) is 1. The molecular formula is C6H11AuO5S. The molecule has 0 bridgehead atoms. The first-order chi connectivity index (χ1) is 5.57. The molecule has 2 unspecified atom stereocenters. The molecule has 0 aromatic heterocycles. The molecule has 7 heteroatoms. The van der Waals surface area contributed by atoms with Gasteiger partial charge < -0.3 is 37.8 Å². The molecule has 4 N–H and O–H groups in total. The summed E-state index contributed by atoms with van der Waals surface area (Å²) >= 11 is 4.63. The van der Waals surface area contributed by atoms with Gasteiger partial charge in [-0.3, -0.25) is 0 Å². The minimum atomic E-state index is -1.35. The van der Waals surface area contributed by atoms with E-state index in [-0.39, 0.29) is 22.4 Å². The van der Waals surface area contributed by atoms with Gasteiger partial charge in [-0.1, -0.05) is 0 Å². The van der Waals surface area contributed by atoms with Crippen LogP contribution in [0.3, 0.4) is 0 Å². The number of rotatable bonds is 1. The van der Waals surface area contributed by atoms with Crippen LogP contribution in [0, 0.1) is 0 Å². The summed E-state index contributed by atoms with van der Waals surface area (Å²) < 4.78 is 4.84. The van der Waals surface area contributed by atoms with E-state index < -0.39 is 36.5 Å². The third-order valence-corrected chi connectivity index (χ3v) is 2.24. The van der Waals surface area contributed by atoms with E-state index in [4.69, 9.17) is 20.1 Å². The van der Waals surface area contributed by atoms with E-state index in [1.165, 1.54) is 0 Å². The molecular weight excluding hydrogens is 381 g/mol. The summed E-state index contributed by atoms with van der Waals surface area (Å²) in [7, 11) is 0. The van der Waals surface area contributed by atoms with Crippen molar-refractivity contribution >= 4 is 12.6 Å². The number of aliphatic hydroxyl groups is 4. The standard InChI is InChI=1S/C6H12O5S.Au/c7-1-2-3(8)4(9)5(10)6(12)11-2;/h2-10,12H,1H2;/q;+1/p-1/t2?,3-,4?,5+,6-;/m1./s1. The number of hydrogen-bond donors (Lipinski definition) is 4. The van der Waals surface area contributed by atoms with Crippen molar-refractivity contribution in [3.05, 3.63) is 0 Å². The first-order valence-electron chi connectivity index (χ1n) is 3.54. The Morgan fingerprint density at radius 1 is 1.08 bits per heavy atom. The average molecular weight is 392 g/mol. The summed E-state index contributed by atoms with van der Waals surface area (Å²) in [5, 5.41) is 36.1. The molecule has 0 aliphatic carbocycles. The van der Waals surface area contributed by atoms with Crippen LogP contribution in [0.15, 0.2) is 0 Å². The van der Waals surface area contributed by atoms with E-state index in [9.17, 15) is 5.11 Å². The second-order valence-corrected chi connectivity index (χ2v) is 3.16. The van der Waals surface area contributed by atoms with Crippen LogP contribution in [0.25, 0.3) is 0 Å². The Morgan fingerprint density at radius 3 is 2.08 bits per heavy atom. The van der Waals surface area contributed by atoms with Crippen LogP contribution in [-0.2, 0) is 39.7 Å². The van der Waals surface area contributed by atoms with Crippen LogP contribution in [-0.4, -0.2) is 56.9 Å². The molecule has 82 valence electrons. The van der Waals surface area contributed by atoms with Gasteiger partial charge in [0, 0.05) is 0 Å². The van der Waals surface area contributed by atoms with Crippen LogP contribution < -0.4 is 0 Å². The van der Waals surface area contributed by atoms with E-state index in [1.807, 2.05) is 0 Å². The minimum Gasteiger partial charge on any atom is -0.759 e. The molecule has 1 fully saturated rings. The Balaban J connectivity index is 0.00000144. The van der Waals surface area contributed by atoms with Gasteiger partial charge in [0.15, 0.2) is 0 Å². The molecule has 1 aliphatic rings. The fourth-order valence-corrected chi connectivity index (χ4v) is 1.37. The van der Waals surface area contributed by atoms with Gasteiger partial charge in [-0.25, -0.2) is 0 Å². The van der Waals surface area contributed by atoms with Crippen molar-refractivity contribution in [1.29, 1.82) is 0 Å². The Morgan fingerprint density at radius 2 is 1.62 bits per heavy atom.